The lowest BCUT2D eigenvalue weighted by Crippen LogP contribution is -2.14. The number of nitriles is 1. The Morgan fingerprint density at radius 3 is 2.35 bits per heavy atom. The summed E-state index contributed by atoms with van der Waals surface area (Å²) in [5, 5.41) is 8.52. The molecule has 1 aromatic heterocycles. The third kappa shape index (κ3) is 2.38. The maximum atomic E-state index is 12.5. The van der Waals surface area contributed by atoms with Crippen LogP contribution in [0.1, 0.15) is 33.6 Å². The van der Waals surface area contributed by atoms with Gasteiger partial charge in [-0.05, 0) is 0 Å². The highest BCUT2D eigenvalue weighted by molar-refractivity contribution is 5.77. The molecule has 8 heteroatoms. The average Bonchev–Trinajstić information content (AvgIpc) is 2.25. The molecular formula is C9H3F5N2O. The van der Waals surface area contributed by atoms with E-state index >= 15 is 0 Å². The van der Waals surface area contributed by atoms with Gasteiger partial charge in [0.1, 0.15) is 11.8 Å². The second kappa shape index (κ2) is 4.45. The molecule has 0 spiro atoms. The zero-order chi connectivity index (χ0) is 13.2. The zero-order valence-corrected chi connectivity index (χ0v) is 7.92. The minimum Gasteiger partial charge on any atom is -0.296 e. The molecule has 17 heavy (non-hydrogen) atoms. The van der Waals surface area contributed by atoms with Crippen LogP contribution in [0.3, 0.4) is 0 Å². The number of hydrogen-bond acceptors (Lipinski definition) is 3. The number of alkyl halides is 5. The van der Waals surface area contributed by atoms with E-state index in [1.54, 1.807) is 0 Å². The summed E-state index contributed by atoms with van der Waals surface area (Å²) in [4.78, 5) is 13.4. The minimum atomic E-state index is -5.06. The molecule has 0 atom stereocenters. The van der Waals surface area contributed by atoms with E-state index in [9.17, 15) is 26.7 Å². The number of carbonyl (C=O) groups excluding carboxylic acids is 1. The van der Waals surface area contributed by atoms with E-state index in [0.717, 1.165) is 6.07 Å². The van der Waals surface area contributed by atoms with Crippen LogP contribution in [0.5, 0.6) is 0 Å². The van der Waals surface area contributed by atoms with E-state index in [4.69, 9.17) is 5.26 Å². The fourth-order valence-electron chi connectivity index (χ4n) is 1.20. The lowest BCUT2D eigenvalue weighted by molar-refractivity contribution is -0.139. The predicted octanol–water partition coefficient (Wildman–Crippen LogP) is 2.72. The Bertz CT molecular complexity index is 489. The molecule has 0 saturated carbocycles. The largest absolute Gasteiger partial charge is 0.418 e. The molecule has 0 bridgehead atoms. The van der Waals surface area contributed by atoms with Crippen LogP contribution in [0.25, 0.3) is 0 Å². The monoisotopic (exact) mass is 250 g/mol. The first-order valence-electron chi connectivity index (χ1n) is 4.06. The van der Waals surface area contributed by atoms with Gasteiger partial charge in [0, 0.05) is 6.20 Å². The summed E-state index contributed by atoms with van der Waals surface area (Å²) in [5.41, 5.74) is -5.02. The molecule has 0 saturated heterocycles. The van der Waals surface area contributed by atoms with E-state index in [1.165, 1.54) is 0 Å². The Morgan fingerprint density at radius 1 is 1.41 bits per heavy atom. The van der Waals surface area contributed by atoms with Gasteiger partial charge >= 0.3 is 6.18 Å². The van der Waals surface area contributed by atoms with Gasteiger partial charge in [0.15, 0.2) is 6.29 Å². The predicted molar refractivity (Wildman–Crippen MR) is 44.3 cm³/mol. The molecule has 3 nitrogen and oxygen atoms in total. The fraction of sp³-hybridized carbons (Fsp3) is 0.222. The molecule has 0 aromatic carbocycles. The molecule has 90 valence electrons. The first-order valence-corrected chi connectivity index (χ1v) is 4.06. The SMILES string of the molecule is N#Cc1c(C=O)ncc(C(F)(F)F)c1C(F)F. The van der Waals surface area contributed by atoms with E-state index in [-0.39, 0.29) is 12.5 Å². The summed E-state index contributed by atoms with van der Waals surface area (Å²) in [6, 6.07) is 1.14. The molecule has 0 radical (unpaired) electrons. The third-order valence-electron chi connectivity index (χ3n) is 1.90. The molecule has 0 unspecified atom stereocenters. The van der Waals surface area contributed by atoms with Gasteiger partial charge in [-0.3, -0.25) is 9.78 Å². The van der Waals surface area contributed by atoms with E-state index in [0.29, 0.717) is 0 Å². The Hall–Kier alpha value is -2.04. The van der Waals surface area contributed by atoms with Crippen molar-refractivity contribution in [1.29, 1.82) is 5.26 Å². The third-order valence-corrected chi connectivity index (χ3v) is 1.90. The van der Waals surface area contributed by atoms with Gasteiger partial charge in [-0.25, -0.2) is 8.78 Å². The van der Waals surface area contributed by atoms with Crippen molar-refractivity contribution in [2.24, 2.45) is 0 Å². The van der Waals surface area contributed by atoms with Crippen LogP contribution in [-0.2, 0) is 6.18 Å². The Balaban J connectivity index is 3.67. The van der Waals surface area contributed by atoms with Gasteiger partial charge in [0.25, 0.3) is 6.43 Å². The first-order chi connectivity index (χ1) is 7.82. The summed E-state index contributed by atoms with van der Waals surface area (Å²) in [5.74, 6) is 0. The summed E-state index contributed by atoms with van der Waals surface area (Å²) < 4.78 is 62.2. The Labute approximate surface area is 91.5 Å². The highest BCUT2D eigenvalue weighted by Crippen LogP contribution is 2.37. The van der Waals surface area contributed by atoms with Crippen LogP contribution in [0.2, 0.25) is 0 Å². The van der Waals surface area contributed by atoms with Crippen molar-refractivity contribution in [2.45, 2.75) is 12.6 Å². The van der Waals surface area contributed by atoms with Crippen molar-refractivity contribution in [2.75, 3.05) is 0 Å². The van der Waals surface area contributed by atoms with Gasteiger partial charge in [-0.15, -0.1) is 0 Å². The molecule has 0 aliphatic heterocycles. The second-order valence-electron chi connectivity index (χ2n) is 2.87. The van der Waals surface area contributed by atoms with E-state index < -0.39 is 35.0 Å². The van der Waals surface area contributed by atoms with Crippen LogP contribution in [0.4, 0.5) is 22.0 Å². The number of hydrogen-bond donors (Lipinski definition) is 0. The van der Waals surface area contributed by atoms with Crippen LogP contribution in [-0.4, -0.2) is 11.3 Å². The number of carbonyl (C=O) groups is 1. The zero-order valence-electron chi connectivity index (χ0n) is 7.92. The highest BCUT2D eigenvalue weighted by Gasteiger charge is 2.38. The molecule has 0 fully saturated rings. The van der Waals surface area contributed by atoms with Crippen LogP contribution in [0.15, 0.2) is 6.20 Å². The van der Waals surface area contributed by atoms with Crippen LogP contribution >= 0.6 is 0 Å². The van der Waals surface area contributed by atoms with Crippen molar-refractivity contribution in [3.05, 3.63) is 28.6 Å². The topological polar surface area (TPSA) is 53.8 Å². The molecule has 1 heterocycles. The van der Waals surface area contributed by atoms with Gasteiger partial charge in [0.2, 0.25) is 0 Å². The molecule has 1 rings (SSSR count). The van der Waals surface area contributed by atoms with Crippen molar-refractivity contribution < 1.29 is 26.7 Å². The minimum absolute atomic E-state index is 0.0510. The number of aromatic nitrogens is 1. The first kappa shape index (κ1) is 13.0. The standard InChI is InChI=1S/C9H3F5N2O/c10-8(11)7-4(1-15)6(3-17)16-2-5(7)9(12,13)14/h2-3,8H. The normalized spacial score (nSPS) is 11.4. The quantitative estimate of drug-likeness (QED) is 0.599. The summed E-state index contributed by atoms with van der Waals surface area (Å²) in [7, 11) is 0. The van der Waals surface area contributed by atoms with Gasteiger partial charge in [-0.1, -0.05) is 0 Å². The number of pyridine rings is 1. The van der Waals surface area contributed by atoms with Gasteiger partial charge in [-0.2, -0.15) is 18.4 Å². The number of nitrogens with zero attached hydrogens (tertiary/aromatic N) is 2. The van der Waals surface area contributed by atoms with Crippen molar-refractivity contribution in [3.63, 3.8) is 0 Å². The van der Waals surface area contributed by atoms with Crippen molar-refractivity contribution in [1.82, 2.24) is 4.98 Å². The van der Waals surface area contributed by atoms with Gasteiger partial charge < -0.3 is 0 Å². The average molecular weight is 250 g/mol. The van der Waals surface area contributed by atoms with E-state index in [1.807, 2.05) is 0 Å². The second-order valence-corrected chi connectivity index (χ2v) is 2.87. The maximum absolute atomic E-state index is 12.5. The van der Waals surface area contributed by atoms with Crippen molar-refractivity contribution in [3.8, 4) is 6.07 Å². The van der Waals surface area contributed by atoms with Crippen LogP contribution < -0.4 is 0 Å². The van der Waals surface area contributed by atoms with Gasteiger partial charge in [0.05, 0.1) is 16.7 Å². The molecular weight excluding hydrogens is 247 g/mol. The molecule has 0 amide bonds. The fourth-order valence-corrected chi connectivity index (χ4v) is 1.20. The Kier molecular flexibility index (Phi) is 3.41. The number of halogens is 5. The molecule has 0 N–H and O–H groups in total. The maximum Gasteiger partial charge on any atom is 0.418 e. The Morgan fingerprint density at radius 2 is 2.00 bits per heavy atom. The highest BCUT2D eigenvalue weighted by atomic mass is 19.4. The summed E-state index contributed by atoms with van der Waals surface area (Å²) >= 11 is 0. The molecule has 1 aromatic rings. The van der Waals surface area contributed by atoms with E-state index in [2.05, 4.69) is 4.98 Å². The summed E-state index contributed by atoms with van der Waals surface area (Å²) in [6.07, 6.45) is -8.52. The number of aldehydes is 1. The van der Waals surface area contributed by atoms with Crippen LogP contribution in [0, 0.1) is 11.3 Å². The molecule has 0 aliphatic carbocycles. The molecule has 0 aliphatic rings. The summed E-state index contributed by atoms with van der Waals surface area (Å²) in [6.45, 7) is 0. The number of rotatable bonds is 2. The smallest absolute Gasteiger partial charge is 0.296 e. The van der Waals surface area contributed by atoms with Crippen molar-refractivity contribution >= 4 is 6.29 Å². The lowest BCUT2D eigenvalue weighted by Gasteiger charge is -2.13. The lowest BCUT2D eigenvalue weighted by atomic mass is 10.0.